The second-order valence-electron chi connectivity index (χ2n) is 6.80. The Morgan fingerprint density at radius 1 is 0.938 bits per heavy atom. The molecule has 32 heavy (non-hydrogen) atoms. The molecule has 0 atom stereocenters. The lowest BCUT2D eigenvalue weighted by atomic mass is 9.97. The van der Waals surface area contributed by atoms with Crippen LogP contribution in [0, 0.1) is 0 Å². The van der Waals surface area contributed by atoms with Crippen LogP contribution in [0.2, 0.25) is 0 Å². The summed E-state index contributed by atoms with van der Waals surface area (Å²) in [6, 6.07) is 20.1. The van der Waals surface area contributed by atoms with Gasteiger partial charge in [0.05, 0.1) is 22.4 Å². The van der Waals surface area contributed by atoms with E-state index in [2.05, 4.69) is 37.7 Å². The van der Waals surface area contributed by atoms with Gasteiger partial charge in [0, 0.05) is 11.1 Å². The van der Waals surface area contributed by atoms with E-state index in [1.54, 1.807) is 6.92 Å². The van der Waals surface area contributed by atoms with Crippen LogP contribution in [0.4, 0.5) is 0 Å². The highest BCUT2D eigenvalue weighted by molar-refractivity contribution is 8.00. The van der Waals surface area contributed by atoms with Gasteiger partial charge in [-0.2, -0.15) is 0 Å². The normalized spacial score (nSPS) is 11.2. The molecule has 0 fully saturated rings. The van der Waals surface area contributed by atoms with Crippen molar-refractivity contribution < 1.29 is 9.53 Å². The number of nitrogens with zero attached hydrogens (tertiary/aromatic N) is 5. The average Bonchev–Trinajstić information content (AvgIpc) is 3.23. The first-order valence-electron chi connectivity index (χ1n) is 9.97. The number of thiophene rings is 1. The molecule has 3 heterocycles. The lowest BCUT2D eigenvalue weighted by Gasteiger charge is -2.10. The zero-order chi connectivity index (χ0) is 21.9. The molecule has 0 saturated heterocycles. The molecule has 0 N–H and O–H groups in total. The van der Waals surface area contributed by atoms with Crippen molar-refractivity contribution in [2.75, 3.05) is 12.4 Å². The van der Waals surface area contributed by atoms with Gasteiger partial charge in [-0.1, -0.05) is 72.4 Å². The number of rotatable bonds is 6. The van der Waals surface area contributed by atoms with Gasteiger partial charge in [-0.25, -0.2) is 0 Å². The van der Waals surface area contributed by atoms with Crippen LogP contribution in [0.15, 0.2) is 65.7 Å². The van der Waals surface area contributed by atoms with Gasteiger partial charge in [-0.15, -0.1) is 31.7 Å². The Morgan fingerprint density at radius 3 is 2.38 bits per heavy atom. The van der Waals surface area contributed by atoms with E-state index in [9.17, 15) is 4.79 Å². The zero-order valence-electron chi connectivity index (χ0n) is 17.1. The first-order valence-corrected chi connectivity index (χ1v) is 11.8. The maximum absolute atomic E-state index is 11.8. The van der Waals surface area contributed by atoms with Crippen LogP contribution in [0.1, 0.15) is 6.92 Å². The van der Waals surface area contributed by atoms with Gasteiger partial charge in [0.15, 0.2) is 0 Å². The van der Waals surface area contributed by atoms with Crippen LogP contribution >= 0.6 is 23.1 Å². The van der Waals surface area contributed by atoms with Crippen LogP contribution in [-0.2, 0) is 9.53 Å². The van der Waals surface area contributed by atoms with E-state index in [1.165, 1.54) is 23.1 Å². The average molecular weight is 460 g/mol. The summed E-state index contributed by atoms with van der Waals surface area (Å²) in [6.45, 7) is 2.13. The summed E-state index contributed by atoms with van der Waals surface area (Å²) >= 11 is 2.74. The molecule has 0 aliphatic carbocycles. The van der Waals surface area contributed by atoms with E-state index in [0.717, 1.165) is 37.3 Å². The minimum absolute atomic E-state index is 0.155. The van der Waals surface area contributed by atoms with E-state index in [-0.39, 0.29) is 11.7 Å². The van der Waals surface area contributed by atoms with Gasteiger partial charge < -0.3 is 4.74 Å². The van der Waals surface area contributed by atoms with Crippen molar-refractivity contribution in [3.05, 3.63) is 60.7 Å². The van der Waals surface area contributed by atoms with E-state index in [4.69, 9.17) is 4.74 Å². The van der Waals surface area contributed by atoms with Crippen molar-refractivity contribution in [2.45, 2.75) is 11.9 Å². The first-order chi connectivity index (χ1) is 15.8. The van der Waals surface area contributed by atoms with Gasteiger partial charge >= 0.3 is 5.97 Å². The molecule has 158 valence electrons. The van der Waals surface area contributed by atoms with Gasteiger partial charge in [0.1, 0.15) is 21.1 Å². The van der Waals surface area contributed by atoms with Crippen LogP contribution < -0.4 is 0 Å². The lowest BCUT2D eigenvalue weighted by Crippen LogP contribution is -2.06. The number of ether oxygens (including phenoxy) is 1. The number of esters is 1. The number of carbonyl (C=O) groups is 1. The van der Waals surface area contributed by atoms with Crippen LogP contribution in [0.3, 0.4) is 0 Å². The number of hydrogen-bond acceptors (Lipinski definition) is 9. The molecule has 0 amide bonds. The molecule has 9 heteroatoms. The molecule has 5 rings (SSSR count). The summed E-state index contributed by atoms with van der Waals surface area (Å²) in [5, 5.41) is 23.1. The molecule has 0 aliphatic rings. The minimum atomic E-state index is -0.290. The number of aromatic nitrogens is 5. The van der Waals surface area contributed by atoms with Crippen molar-refractivity contribution in [1.29, 1.82) is 0 Å². The summed E-state index contributed by atoms with van der Waals surface area (Å²) in [5.41, 5.74) is 4.43. The SMILES string of the molecule is CCOC(=O)CSc1nnnc2c1sc1nnc(-c3ccccc3)c(-c3ccccc3)c12. The van der Waals surface area contributed by atoms with Crippen molar-refractivity contribution >= 4 is 49.5 Å². The van der Waals surface area contributed by atoms with Crippen LogP contribution in [0.25, 0.3) is 42.8 Å². The fourth-order valence-corrected chi connectivity index (χ4v) is 5.38. The predicted octanol–water partition coefficient (Wildman–Crippen LogP) is 5.02. The van der Waals surface area contributed by atoms with Crippen molar-refractivity contribution in [2.24, 2.45) is 0 Å². The van der Waals surface area contributed by atoms with Gasteiger partial charge in [0.2, 0.25) is 0 Å². The fraction of sp³-hybridized carbons (Fsp3) is 0.130. The number of thioether (sulfide) groups is 1. The molecule has 3 aromatic heterocycles. The Morgan fingerprint density at radius 2 is 1.66 bits per heavy atom. The molecular weight excluding hydrogens is 442 g/mol. The van der Waals surface area contributed by atoms with Crippen LogP contribution in [-0.4, -0.2) is 43.9 Å². The van der Waals surface area contributed by atoms with Crippen LogP contribution in [0.5, 0.6) is 0 Å². The van der Waals surface area contributed by atoms with Gasteiger partial charge in [-0.3, -0.25) is 4.79 Å². The summed E-state index contributed by atoms with van der Waals surface area (Å²) in [6.07, 6.45) is 0. The number of hydrogen-bond donors (Lipinski definition) is 0. The fourth-order valence-electron chi connectivity index (χ4n) is 3.47. The Labute approximate surface area is 191 Å². The lowest BCUT2D eigenvalue weighted by molar-refractivity contribution is -0.139. The maximum Gasteiger partial charge on any atom is 0.316 e. The molecule has 2 aromatic carbocycles. The topological polar surface area (TPSA) is 90.8 Å². The monoisotopic (exact) mass is 459 g/mol. The van der Waals surface area contributed by atoms with Crippen molar-refractivity contribution in [3.63, 3.8) is 0 Å². The highest BCUT2D eigenvalue weighted by Crippen LogP contribution is 2.43. The summed E-state index contributed by atoms with van der Waals surface area (Å²) in [7, 11) is 0. The quantitative estimate of drug-likeness (QED) is 0.258. The first kappa shape index (κ1) is 20.5. The minimum Gasteiger partial charge on any atom is -0.465 e. The molecule has 0 saturated carbocycles. The number of carbonyl (C=O) groups excluding carboxylic acids is 1. The van der Waals surface area contributed by atoms with E-state index < -0.39 is 0 Å². The number of fused-ring (bicyclic) bond motifs is 3. The van der Waals surface area contributed by atoms with Gasteiger partial charge in [-0.05, 0) is 17.7 Å². The predicted molar refractivity (Wildman–Crippen MR) is 127 cm³/mol. The second kappa shape index (κ2) is 8.97. The standard InChI is InChI=1S/C23H17N5O2S2/c1-2-30-16(29)13-31-23-21-20(25-28-27-23)18-17(14-9-5-3-6-10-14)19(24-26-22(18)32-21)15-11-7-4-8-12-15/h3-12H,2,13H2,1H3. The molecule has 7 nitrogen and oxygen atoms in total. The third-order valence-corrected chi connectivity index (χ3v) is 6.95. The largest absolute Gasteiger partial charge is 0.465 e. The van der Waals surface area contributed by atoms with Crippen molar-refractivity contribution in [1.82, 2.24) is 25.6 Å². The Kier molecular flexibility index (Phi) is 5.74. The molecule has 0 unspecified atom stereocenters. The number of benzene rings is 2. The smallest absolute Gasteiger partial charge is 0.316 e. The summed E-state index contributed by atoms with van der Waals surface area (Å²) in [5.74, 6) is -0.135. The van der Waals surface area contributed by atoms with E-state index >= 15 is 0 Å². The second-order valence-corrected chi connectivity index (χ2v) is 8.77. The van der Waals surface area contributed by atoms with Crippen molar-refractivity contribution in [3.8, 4) is 22.4 Å². The Hall–Kier alpha value is -3.43. The summed E-state index contributed by atoms with van der Waals surface area (Å²) in [4.78, 5) is 12.6. The highest BCUT2D eigenvalue weighted by Gasteiger charge is 2.22. The maximum atomic E-state index is 11.8. The third kappa shape index (κ3) is 3.80. The third-order valence-electron chi connectivity index (χ3n) is 4.81. The Balaban J connectivity index is 1.74. The van der Waals surface area contributed by atoms with E-state index in [1.807, 2.05) is 48.5 Å². The molecule has 5 aromatic rings. The molecular formula is C23H17N5O2S2. The summed E-state index contributed by atoms with van der Waals surface area (Å²) < 4.78 is 5.87. The molecule has 0 spiro atoms. The zero-order valence-corrected chi connectivity index (χ0v) is 18.7. The highest BCUT2D eigenvalue weighted by atomic mass is 32.2. The molecule has 0 radical (unpaired) electrons. The van der Waals surface area contributed by atoms with E-state index in [0.29, 0.717) is 17.1 Å². The Bertz CT molecular complexity index is 1410. The molecule has 0 bridgehead atoms. The van der Waals surface area contributed by atoms with Gasteiger partial charge in [0.25, 0.3) is 0 Å². The molecule has 0 aliphatic heterocycles.